The van der Waals surface area contributed by atoms with E-state index in [4.69, 9.17) is 0 Å². The average molecular weight is 336 g/mol. The van der Waals surface area contributed by atoms with Crippen molar-refractivity contribution in [1.29, 1.82) is 0 Å². The van der Waals surface area contributed by atoms with E-state index in [0.717, 1.165) is 16.7 Å². The van der Waals surface area contributed by atoms with Gasteiger partial charge in [0.1, 0.15) is 11.5 Å². The molecule has 1 atom stereocenters. The summed E-state index contributed by atoms with van der Waals surface area (Å²) in [7, 11) is 0. The highest BCUT2D eigenvalue weighted by Gasteiger charge is 2.36. The molecule has 25 heavy (non-hydrogen) atoms. The van der Waals surface area contributed by atoms with Crippen molar-refractivity contribution in [3.8, 4) is 11.5 Å². The zero-order chi connectivity index (χ0) is 18.0. The number of carbonyl (C=O) groups is 1. The normalized spacial score (nSPS) is 16.9. The lowest BCUT2D eigenvalue weighted by atomic mass is 9.67. The molecule has 0 aromatic heterocycles. The summed E-state index contributed by atoms with van der Waals surface area (Å²) in [6, 6.07) is 13.9. The van der Waals surface area contributed by atoms with Gasteiger partial charge < -0.3 is 15.3 Å². The number of carboxylic acids is 1. The Labute approximate surface area is 146 Å². The number of rotatable bonds is 4. The number of carboxylic acid groups (broad SMARTS) is 1. The monoisotopic (exact) mass is 336 g/mol. The van der Waals surface area contributed by atoms with E-state index >= 15 is 0 Å². The Morgan fingerprint density at radius 2 is 1.44 bits per heavy atom. The van der Waals surface area contributed by atoms with Crippen LogP contribution in [0.5, 0.6) is 11.5 Å². The van der Waals surface area contributed by atoms with Crippen LogP contribution in [0.3, 0.4) is 0 Å². The molecule has 0 aliphatic heterocycles. The Hall–Kier alpha value is -3.01. The predicted molar refractivity (Wildman–Crippen MR) is 95.6 cm³/mol. The van der Waals surface area contributed by atoms with Gasteiger partial charge >= 0.3 is 5.97 Å². The summed E-state index contributed by atoms with van der Waals surface area (Å²) in [5.41, 5.74) is 2.19. The van der Waals surface area contributed by atoms with E-state index in [1.165, 1.54) is 0 Å². The second-order valence-electron chi connectivity index (χ2n) is 6.40. The van der Waals surface area contributed by atoms with Crippen LogP contribution in [-0.4, -0.2) is 21.3 Å². The number of aliphatic carboxylic acids is 1. The van der Waals surface area contributed by atoms with Crippen LogP contribution >= 0.6 is 0 Å². The van der Waals surface area contributed by atoms with Crippen molar-refractivity contribution in [2.24, 2.45) is 5.92 Å². The Kier molecular flexibility index (Phi) is 4.36. The molecule has 2 aromatic carbocycles. The fraction of sp³-hybridized carbons (Fsp3) is 0.190. The van der Waals surface area contributed by atoms with Gasteiger partial charge in [0.05, 0.1) is 5.92 Å². The predicted octanol–water partition coefficient (Wildman–Crippen LogP) is 3.99. The molecule has 4 heteroatoms. The van der Waals surface area contributed by atoms with Crippen molar-refractivity contribution in [3.05, 3.63) is 83.5 Å². The van der Waals surface area contributed by atoms with Gasteiger partial charge in [0.15, 0.2) is 0 Å². The molecule has 0 spiro atoms. The molecule has 0 amide bonds. The molecule has 0 fully saturated rings. The van der Waals surface area contributed by atoms with Crippen LogP contribution in [0.1, 0.15) is 24.5 Å². The number of aromatic hydroxyl groups is 2. The molecule has 3 N–H and O–H groups in total. The summed E-state index contributed by atoms with van der Waals surface area (Å²) in [5, 5.41) is 28.6. The Balaban J connectivity index is 2.12. The smallest absolute Gasteiger partial charge is 0.310 e. The number of allylic oxidation sites excluding steroid dienone is 3. The van der Waals surface area contributed by atoms with E-state index in [9.17, 15) is 20.1 Å². The van der Waals surface area contributed by atoms with E-state index in [0.29, 0.717) is 6.42 Å². The molecule has 3 rings (SSSR count). The highest BCUT2D eigenvalue weighted by Crippen LogP contribution is 2.44. The van der Waals surface area contributed by atoms with Crippen molar-refractivity contribution in [3.63, 3.8) is 0 Å². The Morgan fingerprint density at radius 3 is 1.88 bits per heavy atom. The van der Waals surface area contributed by atoms with Gasteiger partial charge in [-0.25, -0.2) is 0 Å². The van der Waals surface area contributed by atoms with Gasteiger partial charge in [-0.15, -0.1) is 0 Å². The first kappa shape index (κ1) is 16.8. The third kappa shape index (κ3) is 3.15. The van der Waals surface area contributed by atoms with Gasteiger partial charge in [-0.2, -0.15) is 0 Å². The third-order valence-corrected chi connectivity index (χ3v) is 4.87. The number of phenols is 2. The fourth-order valence-electron chi connectivity index (χ4n) is 3.31. The van der Waals surface area contributed by atoms with E-state index in [-0.39, 0.29) is 11.5 Å². The van der Waals surface area contributed by atoms with Gasteiger partial charge in [0, 0.05) is 5.41 Å². The molecule has 0 saturated heterocycles. The van der Waals surface area contributed by atoms with Crippen LogP contribution in [0.2, 0.25) is 0 Å². The first-order chi connectivity index (χ1) is 11.9. The SMILES string of the molecule is CC(C(=O)O)C1=CC=CC(c2ccc(O)cc2)(c2ccc(O)cc2)C1. The molecule has 0 heterocycles. The van der Waals surface area contributed by atoms with Crippen molar-refractivity contribution in [2.75, 3.05) is 0 Å². The van der Waals surface area contributed by atoms with Crippen molar-refractivity contribution in [1.82, 2.24) is 0 Å². The summed E-state index contributed by atoms with van der Waals surface area (Å²) in [4.78, 5) is 11.4. The van der Waals surface area contributed by atoms with Gasteiger partial charge in [-0.3, -0.25) is 4.79 Å². The average Bonchev–Trinajstić information content (AvgIpc) is 2.62. The second kappa shape index (κ2) is 6.48. The minimum atomic E-state index is -0.855. The van der Waals surface area contributed by atoms with Crippen molar-refractivity contribution < 1.29 is 20.1 Å². The summed E-state index contributed by atoms with van der Waals surface area (Å²) in [6.07, 6.45) is 6.31. The summed E-state index contributed by atoms with van der Waals surface area (Å²) in [6.45, 7) is 1.69. The second-order valence-corrected chi connectivity index (χ2v) is 6.40. The van der Waals surface area contributed by atoms with Gasteiger partial charge in [-0.05, 0) is 48.7 Å². The Morgan fingerprint density at radius 1 is 0.960 bits per heavy atom. The van der Waals surface area contributed by atoms with E-state index < -0.39 is 17.3 Å². The quantitative estimate of drug-likeness (QED) is 0.789. The van der Waals surface area contributed by atoms with Crippen LogP contribution in [-0.2, 0) is 10.2 Å². The van der Waals surface area contributed by atoms with Crippen molar-refractivity contribution >= 4 is 5.97 Å². The molecular formula is C21H20O4. The van der Waals surface area contributed by atoms with Gasteiger partial charge in [0.2, 0.25) is 0 Å². The molecule has 1 aliphatic carbocycles. The highest BCUT2D eigenvalue weighted by atomic mass is 16.4. The number of hydrogen-bond donors (Lipinski definition) is 3. The first-order valence-electron chi connectivity index (χ1n) is 8.12. The molecule has 1 aliphatic rings. The molecule has 128 valence electrons. The summed E-state index contributed by atoms with van der Waals surface area (Å²) in [5.74, 6) is -1.08. The molecule has 4 nitrogen and oxygen atoms in total. The van der Waals surface area contributed by atoms with Crippen LogP contribution < -0.4 is 0 Å². The summed E-state index contributed by atoms with van der Waals surface area (Å²) >= 11 is 0. The number of hydrogen-bond acceptors (Lipinski definition) is 3. The van der Waals surface area contributed by atoms with E-state index in [1.54, 1.807) is 31.2 Å². The maximum Gasteiger partial charge on any atom is 0.310 e. The summed E-state index contributed by atoms with van der Waals surface area (Å²) < 4.78 is 0. The molecule has 0 saturated carbocycles. The minimum Gasteiger partial charge on any atom is -0.508 e. The standard InChI is InChI=1S/C21H20O4/c1-14(20(24)25)15-3-2-12-21(13-15,16-4-8-18(22)9-5-16)17-6-10-19(23)11-7-17/h2-12,14,22-23H,13H2,1H3,(H,24,25). The minimum absolute atomic E-state index is 0.180. The molecular weight excluding hydrogens is 316 g/mol. The lowest BCUT2D eigenvalue weighted by Gasteiger charge is -2.36. The Bertz CT molecular complexity index is 784. The maximum atomic E-state index is 11.4. The van der Waals surface area contributed by atoms with Crippen LogP contribution in [0.25, 0.3) is 0 Å². The molecule has 0 radical (unpaired) electrons. The fourth-order valence-corrected chi connectivity index (χ4v) is 3.31. The number of benzene rings is 2. The molecule has 2 aromatic rings. The lowest BCUT2D eigenvalue weighted by molar-refractivity contribution is -0.139. The van der Waals surface area contributed by atoms with Gasteiger partial charge in [-0.1, -0.05) is 48.1 Å². The van der Waals surface area contributed by atoms with E-state index in [1.807, 2.05) is 42.5 Å². The van der Waals surface area contributed by atoms with Crippen LogP contribution in [0.4, 0.5) is 0 Å². The zero-order valence-electron chi connectivity index (χ0n) is 13.9. The molecule has 0 bridgehead atoms. The van der Waals surface area contributed by atoms with E-state index in [2.05, 4.69) is 0 Å². The van der Waals surface area contributed by atoms with Crippen molar-refractivity contribution in [2.45, 2.75) is 18.8 Å². The van der Waals surface area contributed by atoms with Crippen LogP contribution in [0, 0.1) is 5.92 Å². The maximum absolute atomic E-state index is 11.4. The van der Waals surface area contributed by atoms with Gasteiger partial charge in [0.25, 0.3) is 0 Å². The molecule has 1 unspecified atom stereocenters. The third-order valence-electron chi connectivity index (χ3n) is 4.87. The van der Waals surface area contributed by atoms with Crippen LogP contribution in [0.15, 0.2) is 72.3 Å². The highest BCUT2D eigenvalue weighted by molar-refractivity contribution is 5.73. The topological polar surface area (TPSA) is 77.8 Å². The zero-order valence-corrected chi connectivity index (χ0v) is 13.9. The first-order valence-corrected chi connectivity index (χ1v) is 8.12. The lowest BCUT2D eigenvalue weighted by Crippen LogP contribution is -2.30. The largest absolute Gasteiger partial charge is 0.508 e. The number of phenolic OH excluding ortho intramolecular Hbond substituents is 2.